The van der Waals surface area contributed by atoms with Crippen molar-refractivity contribution in [3.63, 3.8) is 0 Å². The molecule has 9 heteroatoms. The van der Waals surface area contributed by atoms with Crippen molar-refractivity contribution in [2.45, 2.75) is 32.2 Å². The molecule has 0 aromatic carbocycles. The normalized spacial score (nSPS) is 14.4. The van der Waals surface area contributed by atoms with Crippen molar-refractivity contribution in [1.29, 1.82) is 0 Å². The zero-order chi connectivity index (χ0) is 16.5. The molecule has 1 saturated heterocycles. The molecule has 1 amide bonds. The topological polar surface area (TPSA) is 79.4 Å². The van der Waals surface area contributed by atoms with Gasteiger partial charge < -0.3 is 20.3 Å². The van der Waals surface area contributed by atoms with E-state index in [2.05, 4.69) is 38.5 Å². The number of carbonyl (C=O) groups is 1. The van der Waals surface area contributed by atoms with Gasteiger partial charge in [0.2, 0.25) is 5.91 Å². The number of aromatic nitrogens is 2. The number of nitrogens with one attached hydrogen (secondary N) is 2. The number of carbonyl (C=O) groups excluding carboxylic acids is 1. The standard InChI is InChI=1S/C16H27N5O2.2ClH/c1-3-13-10-15(19-12-18-13)21-7-4-14(5-8-21)20-16(22)11-17-6-9-23-2;;/h10,12,14,17H,3-9,11H2,1-2H3,(H,20,22);2*1H. The smallest absolute Gasteiger partial charge is 0.234 e. The van der Waals surface area contributed by atoms with E-state index < -0.39 is 0 Å². The molecule has 0 radical (unpaired) electrons. The number of anilines is 1. The Kier molecular flexibility index (Phi) is 12.5. The summed E-state index contributed by atoms with van der Waals surface area (Å²) in [6.45, 7) is 5.55. The van der Waals surface area contributed by atoms with Gasteiger partial charge in [-0.2, -0.15) is 0 Å². The van der Waals surface area contributed by atoms with Gasteiger partial charge in [-0.25, -0.2) is 9.97 Å². The van der Waals surface area contributed by atoms with Crippen molar-refractivity contribution in [3.05, 3.63) is 18.1 Å². The highest BCUT2D eigenvalue weighted by Crippen LogP contribution is 2.18. The summed E-state index contributed by atoms with van der Waals surface area (Å²) in [5.74, 6) is 1.04. The highest BCUT2D eigenvalue weighted by molar-refractivity contribution is 5.85. The Hall–Kier alpha value is -1.15. The molecule has 144 valence electrons. The summed E-state index contributed by atoms with van der Waals surface area (Å²) in [6.07, 6.45) is 4.43. The maximum absolute atomic E-state index is 11.9. The zero-order valence-electron chi connectivity index (χ0n) is 14.9. The molecule has 0 atom stereocenters. The first kappa shape index (κ1) is 23.9. The molecular formula is C16H29Cl2N5O2. The second kappa shape index (κ2) is 13.1. The second-order valence-corrected chi connectivity index (χ2v) is 5.72. The fourth-order valence-corrected chi connectivity index (χ4v) is 2.66. The van der Waals surface area contributed by atoms with Crippen molar-refractivity contribution < 1.29 is 9.53 Å². The van der Waals surface area contributed by atoms with E-state index in [-0.39, 0.29) is 36.8 Å². The van der Waals surface area contributed by atoms with E-state index >= 15 is 0 Å². The summed E-state index contributed by atoms with van der Waals surface area (Å²) in [5.41, 5.74) is 1.06. The van der Waals surface area contributed by atoms with Crippen LogP contribution in [0.15, 0.2) is 12.4 Å². The Balaban J connectivity index is 0.00000288. The van der Waals surface area contributed by atoms with Crippen LogP contribution in [-0.4, -0.2) is 61.8 Å². The summed E-state index contributed by atoms with van der Waals surface area (Å²) in [7, 11) is 1.65. The Bertz CT molecular complexity index is 499. The molecular weight excluding hydrogens is 365 g/mol. The average Bonchev–Trinajstić information content (AvgIpc) is 2.59. The highest BCUT2D eigenvalue weighted by atomic mass is 35.5. The van der Waals surface area contributed by atoms with E-state index in [1.54, 1.807) is 13.4 Å². The number of halogens is 2. The lowest BCUT2D eigenvalue weighted by atomic mass is 10.0. The van der Waals surface area contributed by atoms with Gasteiger partial charge >= 0.3 is 0 Å². The van der Waals surface area contributed by atoms with Crippen LogP contribution in [-0.2, 0) is 16.0 Å². The Morgan fingerprint density at radius 1 is 1.32 bits per heavy atom. The fourth-order valence-electron chi connectivity index (χ4n) is 2.66. The average molecular weight is 394 g/mol. The van der Waals surface area contributed by atoms with Crippen molar-refractivity contribution in [2.75, 3.05) is 44.8 Å². The maximum atomic E-state index is 11.9. The number of hydrogen-bond acceptors (Lipinski definition) is 6. The van der Waals surface area contributed by atoms with Gasteiger partial charge in [-0.1, -0.05) is 6.92 Å². The minimum atomic E-state index is 0. The third kappa shape index (κ3) is 8.18. The van der Waals surface area contributed by atoms with Gasteiger partial charge in [0.1, 0.15) is 12.1 Å². The summed E-state index contributed by atoms with van der Waals surface area (Å²) in [6, 6.07) is 2.30. The quantitative estimate of drug-likeness (QED) is 0.646. The van der Waals surface area contributed by atoms with Crippen molar-refractivity contribution in [2.24, 2.45) is 0 Å². The number of rotatable bonds is 8. The van der Waals surface area contributed by atoms with Gasteiger partial charge in [-0.3, -0.25) is 4.79 Å². The first-order valence-corrected chi connectivity index (χ1v) is 8.27. The van der Waals surface area contributed by atoms with E-state index in [1.165, 1.54) is 0 Å². The number of amides is 1. The third-order valence-electron chi connectivity index (χ3n) is 4.02. The van der Waals surface area contributed by atoms with E-state index in [4.69, 9.17) is 4.74 Å². The minimum absolute atomic E-state index is 0. The third-order valence-corrected chi connectivity index (χ3v) is 4.02. The second-order valence-electron chi connectivity index (χ2n) is 5.72. The van der Waals surface area contributed by atoms with Crippen LogP contribution in [0.2, 0.25) is 0 Å². The molecule has 1 aromatic heterocycles. The lowest BCUT2D eigenvalue weighted by Gasteiger charge is -2.33. The van der Waals surface area contributed by atoms with Gasteiger partial charge in [0.25, 0.3) is 0 Å². The van der Waals surface area contributed by atoms with E-state index in [9.17, 15) is 4.79 Å². The van der Waals surface area contributed by atoms with Gasteiger partial charge in [0.05, 0.1) is 13.2 Å². The van der Waals surface area contributed by atoms with Gasteiger partial charge in [0, 0.05) is 44.5 Å². The van der Waals surface area contributed by atoms with Gasteiger partial charge in [0.15, 0.2) is 0 Å². The summed E-state index contributed by atoms with van der Waals surface area (Å²) in [4.78, 5) is 22.7. The van der Waals surface area contributed by atoms with Crippen molar-refractivity contribution >= 4 is 36.5 Å². The van der Waals surface area contributed by atoms with Gasteiger partial charge in [-0.05, 0) is 19.3 Å². The van der Waals surface area contributed by atoms with Crippen molar-refractivity contribution in [1.82, 2.24) is 20.6 Å². The first-order chi connectivity index (χ1) is 11.2. The zero-order valence-corrected chi connectivity index (χ0v) is 16.5. The van der Waals surface area contributed by atoms with E-state index in [0.29, 0.717) is 19.7 Å². The van der Waals surface area contributed by atoms with Crippen LogP contribution >= 0.6 is 24.8 Å². The molecule has 0 unspecified atom stereocenters. The molecule has 7 nitrogen and oxygen atoms in total. The molecule has 2 N–H and O–H groups in total. The molecule has 0 saturated carbocycles. The molecule has 1 aliphatic rings. The monoisotopic (exact) mass is 393 g/mol. The molecule has 2 heterocycles. The predicted molar refractivity (Wildman–Crippen MR) is 104 cm³/mol. The largest absolute Gasteiger partial charge is 0.383 e. The molecule has 1 fully saturated rings. The Morgan fingerprint density at radius 3 is 2.68 bits per heavy atom. The van der Waals surface area contributed by atoms with E-state index in [1.807, 2.05) is 0 Å². The number of methoxy groups -OCH3 is 1. The lowest BCUT2D eigenvalue weighted by molar-refractivity contribution is -0.121. The molecule has 1 aliphatic heterocycles. The van der Waals surface area contributed by atoms with Crippen LogP contribution in [0.1, 0.15) is 25.5 Å². The molecule has 1 aromatic rings. The molecule has 0 spiro atoms. The molecule has 25 heavy (non-hydrogen) atoms. The number of nitrogens with zero attached hydrogens (tertiary/aromatic N) is 3. The lowest BCUT2D eigenvalue weighted by Crippen LogP contribution is -2.47. The highest BCUT2D eigenvalue weighted by Gasteiger charge is 2.21. The fraction of sp³-hybridized carbons (Fsp3) is 0.688. The summed E-state index contributed by atoms with van der Waals surface area (Å²) in [5, 5.41) is 6.15. The number of hydrogen-bond donors (Lipinski definition) is 2. The van der Waals surface area contributed by atoms with Crippen LogP contribution in [0.4, 0.5) is 5.82 Å². The Labute approximate surface area is 162 Å². The maximum Gasteiger partial charge on any atom is 0.234 e. The SMILES string of the molecule is CCc1cc(N2CCC(NC(=O)CNCCOC)CC2)ncn1.Cl.Cl. The molecule has 2 rings (SSSR count). The van der Waals surface area contributed by atoms with E-state index in [0.717, 1.165) is 43.9 Å². The Morgan fingerprint density at radius 2 is 2.04 bits per heavy atom. The van der Waals surface area contributed by atoms with Crippen LogP contribution in [0.3, 0.4) is 0 Å². The van der Waals surface area contributed by atoms with Crippen LogP contribution in [0.5, 0.6) is 0 Å². The summed E-state index contributed by atoms with van der Waals surface area (Å²) >= 11 is 0. The minimum Gasteiger partial charge on any atom is -0.383 e. The predicted octanol–water partition coefficient (Wildman–Crippen LogP) is 1.20. The van der Waals surface area contributed by atoms with Crippen LogP contribution < -0.4 is 15.5 Å². The molecule has 0 bridgehead atoms. The van der Waals surface area contributed by atoms with Crippen LogP contribution in [0, 0.1) is 0 Å². The number of piperidine rings is 1. The molecule has 0 aliphatic carbocycles. The number of aryl methyl sites for hydroxylation is 1. The summed E-state index contributed by atoms with van der Waals surface area (Å²) < 4.78 is 4.93. The van der Waals surface area contributed by atoms with Crippen molar-refractivity contribution in [3.8, 4) is 0 Å². The first-order valence-electron chi connectivity index (χ1n) is 8.27. The van der Waals surface area contributed by atoms with Crippen LogP contribution in [0.25, 0.3) is 0 Å². The number of ether oxygens (including phenoxy) is 1. The van der Waals surface area contributed by atoms with Gasteiger partial charge in [-0.15, -0.1) is 24.8 Å².